The number of amides is 1. The van der Waals surface area contributed by atoms with Crippen molar-refractivity contribution in [3.63, 3.8) is 0 Å². The molecule has 4 aliphatic heterocycles. The number of nitrogens with two attached hydrogens (primary N) is 2. The molecule has 0 bridgehead atoms. The summed E-state index contributed by atoms with van der Waals surface area (Å²) in [5.74, 6) is 0.623. The molecule has 0 radical (unpaired) electrons. The van der Waals surface area contributed by atoms with E-state index in [1.54, 1.807) is 0 Å². The molecule has 4 N–H and O–H groups in total. The first-order chi connectivity index (χ1) is 20.7. The van der Waals surface area contributed by atoms with Gasteiger partial charge in [0.05, 0.1) is 23.4 Å². The van der Waals surface area contributed by atoms with E-state index in [0.29, 0.717) is 63.2 Å². The van der Waals surface area contributed by atoms with Crippen molar-refractivity contribution in [2.75, 3.05) is 43.4 Å². The van der Waals surface area contributed by atoms with Crippen LogP contribution < -0.4 is 21.1 Å². The third-order valence-electron chi connectivity index (χ3n) is 10.8. The number of nitriles is 1. The van der Waals surface area contributed by atoms with Crippen molar-refractivity contribution in [1.82, 2.24) is 14.9 Å². The molecule has 11 heteroatoms. The summed E-state index contributed by atoms with van der Waals surface area (Å²) in [6.07, 6.45) is 4.99. The summed E-state index contributed by atoms with van der Waals surface area (Å²) in [5, 5.41) is 10.2. The number of anilines is 2. The summed E-state index contributed by atoms with van der Waals surface area (Å²) < 4.78 is 27.6. The third kappa shape index (κ3) is 4.70. The Morgan fingerprint density at radius 1 is 1.23 bits per heavy atom. The Balaban J connectivity index is 1.26. The number of piperidine rings is 1. The molecule has 2 aromatic rings. The van der Waals surface area contributed by atoms with E-state index in [4.69, 9.17) is 30.9 Å². The van der Waals surface area contributed by atoms with Crippen LogP contribution in [0.15, 0.2) is 12.1 Å². The lowest BCUT2D eigenvalue weighted by atomic mass is 9.69. The normalized spacial score (nSPS) is 30.5. The second kappa shape index (κ2) is 10.6. The number of carbonyl (C=O) groups is 1. The zero-order chi connectivity index (χ0) is 29.9. The first kappa shape index (κ1) is 28.3. The lowest BCUT2D eigenvalue weighted by molar-refractivity contribution is -0.122. The van der Waals surface area contributed by atoms with Crippen LogP contribution in [-0.2, 0) is 28.2 Å². The summed E-state index contributed by atoms with van der Waals surface area (Å²) in [5.41, 5.74) is 15.5. The van der Waals surface area contributed by atoms with Crippen molar-refractivity contribution in [3.05, 3.63) is 40.1 Å². The molecular weight excluding hydrogens is 549 g/mol. The van der Waals surface area contributed by atoms with Crippen LogP contribution in [0.4, 0.5) is 15.9 Å². The van der Waals surface area contributed by atoms with E-state index in [2.05, 4.69) is 22.8 Å². The van der Waals surface area contributed by atoms with Gasteiger partial charge in [0.25, 0.3) is 0 Å². The van der Waals surface area contributed by atoms with E-state index in [-0.39, 0.29) is 35.9 Å². The van der Waals surface area contributed by atoms with Gasteiger partial charge in [-0.1, -0.05) is 13.0 Å². The number of ether oxygens (including phenoxy) is 2. The third-order valence-corrected chi connectivity index (χ3v) is 10.8. The van der Waals surface area contributed by atoms with Crippen LogP contribution in [0.2, 0.25) is 0 Å². The fraction of sp³-hybridized carbons (Fsp3) is 0.625. The van der Waals surface area contributed by atoms with Gasteiger partial charge in [-0.25, -0.2) is 4.39 Å². The van der Waals surface area contributed by atoms with Gasteiger partial charge in [-0.2, -0.15) is 15.2 Å². The predicted octanol–water partition coefficient (Wildman–Crippen LogP) is 3.45. The summed E-state index contributed by atoms with van der Waals surface area (Å²) >= 11 is 0. The fourth-order valence-electron chi connectivity index (χ4n) is 8.38. The maximum atomic E-state index is 14.5. The molecule has 7 rings (SSSR count). The molecular formula is C32H40FN7O3. The van der Waals surface area contributed by atoms with Gasteiger partial charge in [-0.15, -0.1) is 0 Å². The van der Waals surface area contributed by atoms with Crippen LogP contribution in [0, 0.1) is 17.2 Å². The second-order valence-electron chi connectivity index (χ2n) is 13.3. The number of rotatable bonds is 5. The molecule has 3 fully saturated rings. The summed E-state index contributed by atoms with van der Waals surface area (Å²) in [6.45, 7) is 5.42. The van der Waals surface area contributed by atoms with E-state index in [1.807, 2.05) is 12.1 Å². The van der Waals surface area contributed by atoms with Crippen molar-refractivity contribution in [2.45, 2.75) is 88.1 Å². The average molecular weight is 590 g/mol. The van der Waals surface area contributed by atoms with Crippen LogP contribution >= 0.6 is 0 Å². The molecule has 1 spiro atoms. The van der Waals surface area contributed by atoms with Gasteiger partial charge in [-0.3, -0.25) is 9.69 Å². The molecule has 1 aromatic heterocycles. The minimum atomic E-state index is -0.844. The molecule has 10 nitrogen and oxygen atoms in total. The monoisotopic (exact) mass is 589 g/mol. The number of aromatic nitrogens is 2. The van der Waals surface area contributed by atoms with Crippen molar-refractivity contribution < 1.29 is 18.7 Å². The largest absolute Gasteiger partial charge is 0.461 e. The highest BCUT2D eigenvalue weighted by Crippen LogP contribution is 2.51. The van der Waals surface area contributed by atoms with Gasteiger partial charge < -0.3 is 25.8 Å². The number of benzene rings is 1. The summed E-state index contributed by atoms with van der Waals surface area (Å²) in [7, 11) is 0. The number of carbonyl (C=O) groups excluding carboxylic acids is 1. The van der Waals surface area contributed by atoms with E-state index in [9.17, 15) is 14.4 Å². The fourth-order valence-corrected chi connectivity index (χ4v) is 8.38. The molecule has 1 aliphatic carbocycles. The van der Waals surface area contributed by atoms with Gasteiger partial charge in [0, 0.05) is 55.2 Å². The van der Waals surface area contributed by atoms with Gasteiger partial charge >= 0.3 is 6.01 Å². The highest BCUT2D eigenvalue weighted by Gasteiger charge is 2.50. The van der Waals surface area contributed by atoms with Gasteiger partial charge in [0.2, 0.25) is 5.91 Å². The summed E-state index contributed by atoms with van der Waals surface area (Å²) in [6, 6.07) is 6.50. The molecule has 5 heterocycles. The van der Waals surface area contributed by atoms with E-state index in [0.717, 1.165) is 60.4 Å². The zero-order valence-electron chi connectivity index (χ0n) is 24.8. The Bertz CT molecular complexity index is 1490. The number of hydrogen-bond acceptors (Lipinski definition) is 9. The standard InChI is InChI=1S/C32H40FN7O3/c1-19-5-9-32(27-22(19)3-4-25(35)23(27)15-34)14-26-24(17-43-32)29(39-11-6-20(7-12-39)28(36)41)38-30(37-26)42-18-31-8-2-10-40(31)16-21(33)13-31/h3-4,19-21H,2,5-14,16-18,35H2,1H3,(H2,36,41). The van der Waals surface area contributed by atoms with Crippen LogP contribution in [0.1, 0.15) is 85.7 Å². The van der Waals surface area contributed by atoms with Crippen LogP contribution in [0.5, 0.6) is 6.01 Å². The maximum absolute atomic E-state index is 14.5. The number of nitrogen functional groups attached to an aromatic ring is 1. The highest BCUT2D eigenvalue weighted by molar-refractivity contribution is 5.77. The van der Waals surface area contributed by atoms with Gasteiger partial charge in [-0.05, 0) is 62.6 Å². The molecule has 1 aromatic carbocycles. The minimum absolute atomic E-state index is 0.150. The van der Waals surface area contributed by atoms with Crippen LogP contribution in [0.25, 0.3) is 0 Å². The van der Waals surface area contributed by atoms with Crippen molar-refractivity contribution in [2.24, 2.45) is 11.7 Å². The Morgan fingerprint density at radius 3 is 2.81 bits per heavy atom. The number of nitrogens with zero attached hydrogens (tertiary/aromatic N) is 5. The molecule has 43 heavy (non-hydrogen) atoms. The average Bonchev–Trinajstić information content (AvgIpc) is 3.53. The molecule has 1 amide bonds. The first-order valence-electron chi connectivity index (χ1n) is 15.6. The molecule has 4 unspecified atom stereocenters. The first-order valence-corrected chi connectivity index (χ1v) is 15.6. The Hall–Kier alpha value is -3.49. The number of halogens is 1. The minimum Gasteiger partial charge on any atom is -0.461 e. The molecule has 228 valence electrons. The number of fused-ring (bicyclic) bond motifs is 4. The van der Waals surface area contributed by atoms with E-state index in [1.165, 1.54) is 0 Å². The van der Waals surface area contributed by atoms with Crippen molar-refractivity contribution in [3.8, 4) is 12.1 Å². The Morgan fingerprint density at radius 2 is 2.05 bits per heavy atom. The summed E-state index contributed by atoms with van der Waals surface area (Å²) in [4.78, 5) is 26.2. The quantitative estimate of drug-likeness (QED) is 0.501. The topological polar surface area (TPSA) is 144 Å². The molecule has 0 saturated carbocycles. The van der Waals surface area contributed by atoms with Gasteiger partial charge in [0.15, 0.2) is 0 Å². The van der Waals surface area contributed by atoms with Crippen molar-refractivity contribution in [1.29, 1.82) is 5.26 Å². The SMILES string of the molecule is CC1CCC2(Cc3nc(OCC45CCCN4CC(F)C5)nc(N4CCC(C(N)=O)CC4)c3CO2)c2c1ccc(N)c2C#N. The predicted molar refractivity (Wildman–Crippen MR) is 158 cm³/mol. The lowest BCUT2D eigenvalue weighted by Crippen LogP contribution is -2.44. The Kier molecular flexibility index (Phi) is 6.97. The number of primary amides is 1. The lowest BCUT2D eigenvalue weighted by Gasteiger charge is -2.45. The number of alkyl halides is 1. The smallest absolute Gasteiger partial charge is 0.318 e. The highest BCUT2D eigenvalue weighted by atomic mass is 19.1. The molecule has 4 atom stereocenters. The van der Waals surface area contributed by atoms with Crippen molar-refractivity contribution >= 4 is 17.4 Å². The molecule has 5 aliphatic rings. The van der Waals surface area contributed by atoms with Gasteiger partial charge in [0.1, 0.15) is 30.3 Å². The Labute approximate surface area is 251 Å². The second-order valence-corrected chi connectivity index (χ2v) is 13.3. The zero-order valence-corrected chi connectivity index (χ0v) is 24.8. The number of hydrogen-bond donors (Lipinski definition) is 2. The van der Waals surface area contributed by atoms with Crippen LogP contribution in [0.3, 0.4) is 0 Å². The van der Waals surface area contributed by atoms with Crippen LogP contribution in [-0.4, -0.2) is 65.3 Å². The van der Waals surface area contributed by atoms with E-state index < -0.39 is 11.8 Å². The molecule has 3 saturated heterocycles. The maximum Gasteiger partial charge on any atom is 0.318 e. The van der Waals surface area contributed by atoms with E-state index >= 15 is 0 Å².